The fourth-order valence-corrected chi connectivity index (χ4v) is 1.66. The summed E-state index contributed by atoms with van der Waals surface area (Å²) >= 11 is 1.61. The molecule has 1 saturated carbocycles. The van der Waals surface area contributed by atoms with Gasteiger partial charge in [0.15, 0.2) is 0 Å². The number of rotatable bonds is 5. The molecule has 4 heteroatoms. The summed E-state index contributed by atoms with van der Waals surface area (Å²) in [4.78, 5) is 0. The number of hydrogen-bond acceptors (Lipinski definition) is 4. The minimum absolute atomic E-state index is 0.892. The molecule has 14 heavy (non-hydrogen) atoms. The third kappa shape index (κ3) is 2.87. The predicted molar refractivity (Wildman–Crippen MR) is 59.6 cm³/mol. The highest BCUT2D eigenvalue weighted by molar-refractivity contribution is 7.98. The van der Waals surface area contributed by atoms with Crippen molar-refractivity contribution in [2.24, 2.45) is 5.92 Å². The zero-order chi connectivity index (χ0) is 9.80. The SMILES string of the molecule is CSc1ccc(NCCC2CC2)nn1. The van der Waals surface area contributed by atoms with E-state index in [0.717, 1.165) is 23.3 Å². The van der Waals surface area contributed by atoms with Gasteiger partial charge < -0.3 is 5.32 Å². The summed E-state index contributed by atoms with van der Waals surface area (Å²) in [5.41, 5.74) is 0. The third-order valence-corrected chi connectivity index (χ3v) is 3.04. The van der Waals surface area contributed by atoms with E-state index in [0.29, 0.717) is 0 Å². The number of nitrogens with one attached hydrogen (secondary N) is 1. The average molecular weight is 209 g/mol. The van der Waals surface area contributed by atoms with Gasteiger partial charge >= 0.3 is 0 Å². The van der Waals surface area contributed by atoms with Crippen LogP contribution >= 0.6 is 11.8 Å². The molecule has 0 atom stereocenters. The van der Waals surface area contributed by atoms with Crippen molar-refractivity contribution in [1.29, 1.82) is 0 Å². The lowest BCUT2D eigenvalue weighted by Gasteiger charge is -2.03. The van der Waals surface area contributed by atoms with E-state index in [9.17, 15) is 0 Å². The fraction of sp³-hybridized carbons (Fsp3) is 0.600. The molecule has 0 aromatic carbocycles. The molecule has 76 valence electrons. The smallest absolute Gasteiger partial charge is 0.148 e. The first kappa shape index (κ1) is 9.77. The summed E-state index contributed by atoms with van der Waals surface area (Å²) in [5.74, 6) is 1.87. The van der Waals surface area contributed by atoms with Gasteiger partial charge in [-0.15, -0.1) is 22.0 Å². The van der Waals surface area contributed by atoms with E-state index in [1.807, 2.05) is 18.4 Å². The van der Waals surface area contributed by atoms with Crippen molar-refractivity contribution in [3.8, 4) is 0 Å². The Hall–Kier alpha value is -0.770. The maximum Gasteiger partial charge on any atom is 0.148 e. The number of aromatic nitrogens is 2. The van der Waals surface area contributed by atoms with Gasteiger partial charge in [0.2, 0.25) is 0 Å². The van der Waals surface area contributed by atoms with Crippen molar-refractivity contribution in [3.05, 3.63) is 12.1 Å². The van der Waals surface area contributed by atoms with Gasteiger partial charge in [-0.3, -0.25) is 0 Å². The fourth-order valence-electron chi connectivity index (χ4n) is 1.33. The normalized spacial score (nSPS) is 15.5. The van der Waals surface area contributed by atoms with Crippen molar-refractivity contribution in [2.75, 3.05) is 18.1 Å². The molecule has 0 saturated heterocycles. The lowest BCUT2D eigenvalue weighted by molar-refractivity contribution is 0.755. The number of hydrogen-bond donors (Lipinski definition) is 1. The molecular weight excluding hydrogens is 194 g/mol. The monoisotopic (exact) mass is 209 g/mol. The van der Waals surface area contributed by atoms with E-state index in [1.165, 1.54) is 19.3 Å². The average Bonchev–Trinajstić information content (AvgIpc) is 3.03. The summed E-state index contributed by atoms with van der Waals surface area (Å²) in [7, 11) is 0. The van der Waals surface area contributed by atoms with E-state index >= 15 is 0 Å². The summed E-state index contributed by atoms with van der Waals surface area (Å²) in [5, 5.41) is 12.4. The molecule has 1 N–H and O–H groups in total. The molecule has 1 aliphatic rings. The van der Waals surface area contributed by atoms with Gasteiger partial charge in [0.05, 0.1) is 0 Å². The Balaban J connectivity index is 1.77. The van der Waals surface area contributed by atoms with E-state index < -0.39 is 0 Å². The van der Waals surface area contributed by atoms with E-state index in [4.69, 9.17) is 0 Å². The number of anilines is 1. The van der Waals surface area contributed by atoms with Gasteiger partial charge in [-0.25, -0.2) is 0 Å². The molecular formula is C10H15N3S. The highest BCUT2D eigenvalue weighted by Crippen LogP contribution is 2.31. The maximum atomic E-state index is 4.08. The molecule has 2 rings (SSSR count). The second-order valence-corrected chi connectivity index (χ2v) is 4.45. The molecule has 0 spiro atoms. The Labute approximate surface area is 88.7 Å². The minimum atomic E-state index is 0.892. The third-order valence-electron chi connectivity index (χ3n) is 2.40. The highest BCUT2D eigenvalue weighted by atomic mass is 32.2. The summed E-state index contributed by atoms with van der Waals surface area (Å²) in [6, 6.07) is 3.99. The second kappa shape index (κ2) is 4.64. The molecule has 1 aromatic rings. The Morgan fingerprint density at radius 2 is 2.29 bits per heavy atom. The van der Waals surface area contributed by atoms with E-state index in [-0.39, 0.29) is 0 Å². The van der Waals surface area contributed by atoms with Gasteiger partial charge in [-0.05, 0) is 30.7 Å². The van der Waals surface area contributed by atoms with Crippen LogP contribution in [0.2, 0.25) is 0 Å². The van der Waals surface area contributed by atoms with Crippen LogP contribution in [0.5, 0.6) is 0 Å². The molecule has 1 fully saturated rings. The molecule has 0 aliphatic heterocycles. The summed E-state index contributed by atoms with van der Waals surface area (Å²) < 4.78 is 0. The van der Waals surface area contributed by atoms with Crippen LogP contribution < -0.4 is 5.32 Å². The van der Waals surface area contributed by atoms with Crippen LogP contribution in [-0.4, -0.2) is 23.0 Å². The zero-order valence-corrected chi connectivity index (χ0v) is 9.18. The maximum absolute atomic E-state index is 4.08. The van der Waals surface area contributed by atoms with Gasteiger partial charge in [0.25, 0.3) is 0 Å². The summed E-state index contributed by atoms with van der Waals surface area (Å²) in [6.07, 6.45) is 6.10. The van der Waals surface area contributed by atoms with Crippen LogP contribution in [0.4, 0.5) is 5.82 Å². The standard InChI is InChI=1S/C10H15N3S/c1-14-10-5-4-9(12-13-10)11-7-6-8-2-3-8/h4-5,8H,2-3,6-7H2,1H3,(H,11,12). The molecule has 0 unspecified atom stereocenters. The first-order valence-corrected chi connectivity index (χ1v) is 6.22. The molecule has 3 nitrogen and oxygen atoms in total. The largest absolute Gasteiger partial charge is 0.369 e. The van der Waals surface area contributed by atoms with Crippen LogP contribution in [0, 0.1) is 5.92 Å². The molecule has 1 aromatic heterocycles. The van der Waals surface area contributed by atoms with Crippen molar-refractivity contribution in [3.63, 3.8) is 0 Å². The van der Waals surface area contributed by atoms with Crippen LogP contribution in [0.25, 0.3) is 0 Å². The molecule has 1 heterocycles. The molecule has 0 bridgehead atoms. The first-order valence-electron chi connectivity index (χ1n) is 5.00. The van der Waals surface area contributed by atoms with Crippen LogP contribution in [0.15, 0.2) is 17.2 Å². The van der Waals surface area contributed by atoms with Crippen LogP contribution in [0.1, 0.15) is 19.3 Å². The number of thioether (sulfide) groups is 1. The number of nitrogens with zero attached hydrogens (tertiary/aromatic N) is 2. The van der Waals surface area contributed by atoms with Crippen LogP contribution in [-0.2, 0) is 0 Å². The minimum Gasteiger partial charge on any atom is -0.369 e. The van der Waals surface area contributed by atoms with Gasteiger partial charge in [0.1, 0.15) is 10.8 Å². The molecule has 0 amide bonds. The lowest BCUT2D eigenvalue weighted by atomic mass is 10.3. The Morgan fingerprint density at radius 3 is 2.86 bits per heavy atom. The van der Waals surface area contributed by atoms with E-state index in [2.05, 4.69) is 15.5 Å². The Bertz CT molecular complexity index is 282. The van der Waals surface area contributed by atoms with Crippen molar-refractivity contribution < 1.29 is 0 Å². The predicted octanol–water partition coefficient (Wildman–Crippen LogP) is 2.41. The Morgan fingerprint density at radius 1 is 1.43 bits per heavy atom. The first-order chi connectivity index (χ1) is 6.88. The van der Waals surface area contributed by atoms with E-state index in [1.54, 1.807) is 11.8 Å². The van der Waals surface area contributed by atoms with Gasteiger partial charge in [-0.2, -0.15) is 0 Å². The second-order valence-electron chi connectivity index (χ2n) is 3.62. The molecule has 0 radical (unpaired) electrons. The summed E-state index contributed by atoms with van der Waals surface area (Å²) in [6.45, 7) is 1.03. The quantitative estimate of drug-likeness (QED) is 0.756. The van der Waals surface area contributed by atoms with Crippen molar-refractivity contribution >= 4 is 17.6 Å². The van der Waals surface area contributed by atoms with Crippen LogP contribution in [0.3, 0.4) is 0 Å². The van der Waals surface area contributed by atoms with Crippen molar-refractivity contribution in [1.82, 2.24) is 10.2 Å². The van der Waals surface area contributed by atoms with Crippen molar-refractivity contribution in [2.45, 2.75) is 24.3 Å². The van der Waals surface area contributed by atoms with Gasteiger partial charge in [0, 0.05) is 6.54 Å². The molecule has 1 aliphatic carbocycles. The highest BCUT2D eigenvalue weighted by Gasteiger charge is 2.20. The van der Waals surface area contributed by atoms with Gasteiger partial charge in [-0.1, -0.05) is 12.8 Å². The lowest BCUT2D eigenvalue weighted by Crippen LogP contribution is -2.04. The topological polar surface area (TPSA) is 37.8 Å². The zero-order valence-electron chi connectivity index (χ0n) is 8.36. The Kier molecular flexibility index (Phi) is 3.24.